The highest BCUT2D eigenvalue weighted by Crippen LogP contribution is 2.21. The van der Waals surface area contributed by atoms with Crippen molar-refractivity contribution in [1.29, 1.82) is 0 Å². The van der Waals surface area contributed by atoms with Gasteiger partial charge in [-0.2, -0.15) is 0 Å². The molecule has 1 aromatic heterocycles. The molecular formula is C16H16ClN3O2. The summed E-state index contributed by atoms with van der Waals surface area (Å²) in [7, 11) is 0. The molecule has 3 rings (SSSR count). The molecule has 0 atom stereocenters. The van der Waals surface area contributed by atoms with E-state index in [0.717, 1.165) is 23.1 Å². The fraction of sp³-hybridized carbons (Fsp3) is 0.250. The van der Waals surface area contributed by atoms with E-state index in [1.807, 2.05) is 19.1 Å². The summed E-state index contributed by atoms with van der Waals surface area (Å²) in [6, 6.07) is 6.78. The van der Waals surface area contributed by atoms with Crippen LogP contribution in [0.3, 0.4) is 0 Å². The van der Waals surface area contributed by atoms with Gasteiger partial charge in [-0.3, -0.25) is 4.79 Å². The number of amides is 2. The van der Waals surface area contributed by atoms with Crippen molar-refractivity contribution in [2.75, 3.05) is 11.9 Å². The largest absolute Gasteiger partial charge is 0.329 e. The maximum atomic E-state index is 12.3. The van der Waals surface area contributed by atoms with Gasteiger partial charge in [-0.05, 0) is 42.2 Å². The molecule has 5 nitrogen and oxygen atoms in total. The molecule has 0 aliphatic carbocycles. The zero-order chi connectivity index (χ0) is 15.7. The lowest BCUT2D eigenvalue weighted by molar-refractivity contribution is 0.206. The van der Waals surface area contributed by atoms with Crippen molar-refractivity contribution in [1.82, 2.24) is 9.88 Å². The van der Waals surface area contributed by atoms with Gasteiger partial charge in [0.1, 0.15) is 0 Å². The molecule has 2 heterocycles. The van der Waals surface area contributed by atoms with Crippen molar-refractivity contribution in [2.45, 2.75) is 19.9 Å². The smallest absolute Gasteiger partial charge is 0.322 e. The second-order valence-corrected chi connectivity index (χ2v) is 5.82. The fourth-order valence-electron chi connectivity index (χ4n) is 2.51. The Bertz CT molecular complexity index is 785. The Morgan fingerprint density at radius 3 is 2.91 bits per heavy atom. The molecule has 0 bridgehead atoms. The van der Waals surface area contributed by atoms with Crippen molar-refractivity contribution < 1.29 is 4.79 Å². The fourth-order valence-corrected chi connectivity index (χ4v) is 2.69. The molecule has 0 fully saturated rings. The van der Waals surface area contributed by atoms with Gasteiger partial charge in [0.15, 0.2) is 0 Å². The highest BCUT2D eigenvalue weighted by molar-refractivity contribution is 6.31. The van der Waals surface area contributed by atoms with E-state index in [1.54, 1.807) is 23.2 Å². The zero-order valence-corrected chi connectivity index (χ0v) is 12.9. The van der Waals surface area contributed by atoms with Crippen molar-refractivity contribution in [3.63, 3.8) is 0 Å². The molecule has 1 aromatic carbocycles. The third kappa shape index (κ3) is 2.99. The Balaban J connectivity index is 1.73. The van der Waals surface area contributed by atoms with Crippen LogP contribution in [-0.4, -0.2) is 22.5 Å². The van der Waals surface area contributed by atoms with E-state index in [4.69, 9.17) is 11.6 Å². The Morgan fingerprint density at radius 1 is 1.32 bits per heavy atom. The zero-order valence-electron chi connectivity index (χ0n) is 12.1. The number of nitrogens with one attached hydrogen (secondary N) is 2. The average molecular weight is 318 g/mol. The first-order chi connectivity index (χ1) is 10.5. The van der Waals surface area contributed by atoms with E-state index in [0.29, 0.717) is 23.8 Å². The van der Waals surface area contributed by atoms with Gasteiger partial charge in [0.25, 0.3) is 0 Å². The second-order valence-electron chi connectivity index (χ2n) is 5.41. The molecule has 0 unspecified atom stereocenters. The van der Waals surface area contributed by atoms with E-state index >= 15 is 0 Å². The van der Waals surface area contributed by atoms with Gasteiger partial charge in [0, 0.05) is 36.1 Å². The number of hydrogen-bond donors (Lipinski definition) is 2. The van der Waals surface area contributed by atoms with Crippen LogP contribution < -0.4 is 10.9 Å². The van der Waals surface area contributed by atoms with E-state index in [9.17, 15) is 9.59 Å². The number of hydrogen-bond acceptors (Lipinski definition) is 2. The van der Waals surface area contributed by atoms with Gasteiger partial charge in [0.2, 0.25) is 5.56 Å². The Hall–Kier alpha value is -2.27. The third-order valence-electron chi connectivity index (χ3n) is 3.83. The van der Waals surface area contributed by atoms with Crippen LogP contribution in [0.25, 0.3) is 0 Å². The minimum absolute atomic E-state index is 0.147. The van der Waals surface area contributed by atoms with Gasteiger partial charge in [-0.25, -0.2) is 4.79 Å². The molecule has 0 saturated carbocycles. The van der Waals surface area contributed by atoms with Crippen LogP contribution in [0.2, 0.25) is 5.02 Å². The number of fused-ring (bicyclic) bond motifs is 1. The molecule has 2 aromatic rings. The van der Waals surface area contributed by atoms with Crippen LogP contribution in [-0.2, 0) is 13.0 Å². The Kier molecular flexibility index (Phi) is 3.90. The number of H-pyrrole nitrogens is 1. The highest BCUT2D eigenvalue weighted by atomic mass is 35.5. The SMILES string of the molecule is Cc1ccc(NC(=O)N2CCc3c[nH]c(=O)cc3C2)cc1Cl. The van der Waals surface area contributed by atoms with Crippen LogP contribution in [0.15, 0.2) is 35.3 Å². The number of halogens is 1. The van der Waals surface area contributed by atoms with Crippen LogP contribution >= 0.6 is 11.6 Å². The number of aromatic nitrogens is 1. The first-order valence-electron chi connectivity index (χ1n) is 7.05. The number of anilines is 1. The highest BCUT2D eigenvalue weighted by Gasteiger charge is 2.21. The molecule has 0 radical (unpaired) electrons. The molecule has 1 aliphatic heterocycles. The molecule has 22 heavy (non-hydrogen) atoms. The van der Waals surface area contributed by atoms with Gasteiger partial charge < -0.3 is 15.2 Å². The van der Waals surface area contributed by atoms with Crippen LogP contribution in [0, 0.1) is 6.92 Å². The number of benzene rings is 1. The van der Waals surface area contributed by atoms with E-state index < -0.39 is 0 Å². The summed E-state index contributed by atoms with van der Waals surface area (Å²) in [4.78, 5) is 28.1. The summed E-state index contributed by atoms with van der Waals surface area (Å²) < 4.78 is 0. The first kappa shape index (κ1) is 14.7. The Labute approximate surface area is 132 Å². The minimum atomic E-state index is -0.189. The molecule has 0 saturated heterocycles. The number of aryl methyl sites for hydroxylation is 1. The van der Waals surface area contributed by atoms with E-state index in [1.165, 1.54) is 0 Å². The lowest BCUT2D eigenvalue weighted by Crippen LogP contribution is -2.39. The lowest BCUT2D eigenvalue weighted by Gasteiger charge is -2.28. The number of nitrogens with zero attached hydrogens (tertiary/aromatic N) is 1. The third-order valence-corrected chi connectivity index (χ3v) is 4.24. The quantitative estimate of drug-likeness (QED) is 0.849. The summed E-state index contributed by atoms with van der Waals surface area (Å²) in [6.07, 6.45) is 2.46. The maximum absolute atomic E-state index is 12.3. The summed E-state index contributed by atoms with van der Waals surface area (Å²) >= 11 is 6.06. The molecule has 2 N–H and O–H groups in total. The number of aromatic amines is 1. The van der Waals surface area contributed by atoms with Gasteiger partial charge in [-0.1, -0.05) is 17.7 Å². The topological polar surface area (TPSA) is 65.2 Å². The number of pyridine rings is 1. The number of carbonyl (C=O) groups is 1. The predicted octanol–water partition coefficient (Wildman–Crippen LogP) is 2.93. The summed E-state index contributed by atoms with van der Waals surface area (Å²) in [5, 5.41) is 3.46. The molecule has 2 amide bonds. The summed E-state index contributed by atoms with van der Waals surface area (Å²) in [5.41, 5.74) is 3.46. The van der Waals surface area contributed by atoms with Crippen molar-refractivity contribution >= 4 is 23.3 Å². The van der Waals surface area contributed by atoms with Gasteiger partial charge in [0.05, 0.1) is 0 Å². The molecule has 6 heteroatoms. The standard InChI is InChI=1S/C16H16ClN3O2/c1-10-2-3-13(7-14(10)17)19-16(22)20-5-4-11-8-18-15(21)6-12(11)9-20/h2-3,6-8H,4-5,9H2,1H3,(H,18,21)(H,19,22). The molecular weight excluding hydrogens is 302 g/mol. The van der Waals surface area contributed by atoms with Gasteiger partial charge in [-0.15, -0.1) is 0 Å². The van der Waals surface area contributed by atoms with Crippen LogP contribution in [0.4, 0.5) is 10.5 Å². The van der Waals surface area contributed by atoms with Crippen LogP contribution in [0.1, 0.15) is 16.7 Å². The van der Waals surface area contributed by atoms with E-state index in [2.05, 4.69) is 10.3 Å². The Morgan fingerprint density at radius 2 is 2.14 bits per heavy atom. The number of urea groups is 1. The average Bonchev–Trinajstić information content (AvgIpc) is 2.50. The maximum Gasteiger partial charge on any atom is 0.322 e. The number of rotatable bonds is 1. The molecule has 0 spiro atoms. The van der Waals surface area contributed by atoms with Crippen molar-refractivity contribution in [3.8, 4) is 0 Å². The van der Waals surface area contributed by atoms with Gasteiger partial charge >= 0.3 is 6.03 Å². The first-order valence-corrected chi connectivity index (χ1v) is 7.43. The normalized spacial score (nSPS) is 13.6. The molecule has 1 aliphatic rings. The van der Waals surface area contributed by atoms with Crippen LogP contribution in [0.5, 0.6) is 0 Å². The monoisotopic (exact) mass is 317 g/mol. The lowest BCUT2D eigenvalue weighted by atomic mass is 10.0. The van der Waals surface area contributed by atoms with Crippen molar-refractivity contribution in [2.24, 2.45) is 0 Å². The summed E-state index contributed by atoms with van der Waals surface area (Å²) in [6.45, 7) is 2.96. The van der Waals surface area contributed by atoms with Crippen molar-refractivity contribution in [3.05, 3.63) is 62.5 Å². The summed E-state index contributed by atoms with van der Waals surface area (Å²) in [5.74, 6) is 0. The minimum Gasteiger partial charge on any atom is -0.329 e. The molecule has 114 valence electrons. The second kappa shape index (κ2) is 5.85. The predicted molar refractivity (Wildman–Crippen MR) is 86.4 cm³/mol. The van der Waals surface area contributed by atoms with E-state index in [-0.39, 0.29) is 11.6 Å². The number of carbonyl (C=O) groups excluding carboxylic acids is 1.